The second-order valence-electron chi connectivity index (χ2n) is 9.02. The molecule has 1 rings (SSSR count). The van der Waals surface area contributed by atoms with Crippen molar-refractivity contribution in [3.8, 4) is 0 Å². The van der Waals surface area contributed by atoms with Gasteiger partial charge in [-0.15, -0.1) is 0 Å². The van der Waals surface area contributed by atoms with Crippen LogP contribution in [0.25, 0.3) is 0 Å². The number of esters is 1. The molecule has 4 amide bonds. The van der Waals surface area contributed by atoms with E-state index in [2.05, 4.69) is 16.0 Å². The summed E-state index contributed by atoms with van der Waals surface area (Å²) in [5, 5.41) is 37.3. The number of aliphatic hydroxyl groups excluding tert-OH is 3. The van der Waals surface area contributed by atoms with Crippen LogP contribution in [0.2, 0.25) is 0 Å². The fraction of sp³-hybridized carbons (Fsp3) is 0.783. The van der Waals surface area contributed by atoms with Gasteiger partial charge < -0.3 is 51.2 Å². The zero-order chi connectivity index (χ0) is 29.0. The Kier molecular flexibility index (Phi) is 14.1. The summed E-state index contributed by atoms with van der Waals surface area (Å²) in [7, 11) is 0. The largest absolute Gasteiger partial charge is 0.464 e. The summed E-state index contributed by atoms with van der Waals surface area (Å²) in [5.74, 6) is -3.51. The molecule has 0 spiro atoms. The Hall–Kier alpha value is -2.85. The molecule has 38 heavy (non-hydrogen) atoms. The van der Waals surface area contributed by atoms with E-state index in [9.17, 15) is 39.3 Å². The Bertz CT molecular complexity index is 827. The third-order valence-electron chi connectivity index (χ3n) is 5.75. The van der Waals surface area contributed by atoms with Gasteiger partial charge in [0, 0.05) is 13.3 Å². The van der Waals surface area contributed by atoms with Crippen LogP contribution in [0.1, 0.15) is 53.4 Å². The number of nitrogens with two attached hydrogens (primary N) is 1. The van der Waals surface area contributed by atoms with E-state index in [-0.39, 0.29) is 19.4 Å². The molecule has 218 valence electrons. The first kappa shape index (κ1) is 33.2. The lowest BCUT2D eigenvalue weighted by molar-refractivity contribution is -0.266. The first-order valence-electron chi connectivity index (χ1n) is 12.4. The SMILES string of the molecule is CCCCOC(=O)[C@H](CCC(N)=O)NC(=O)[C@H](C)NC(=O)[C@H](C)O[C@H]1[C@H](O)[C@@H](CO)O[C@@H](O)[C@@H]1NC(C)=O. The number of ether oxygens (including phenoxy) is 3. The van der Waals surface area contributed by atoms with Crippen molar-refractivity contribution in [2.24, 2.45) is 5.73 Å². The highest BCUT2D eigenvalue weighted by molar-refractivity contribution is 5.91. The number of carbonyl (C=O) groups excluding carboxylic acids is 5. The number of amides is 4. The monoisotopic (exact) mass is 548 g/mol. The number of hydrogen-bond acceptors (Lipinski definition) is 11. The Balaban J connectivity index is 2.83. The highest BCUT2D eigenvalue weighted by atomic mass is 16.6. The maximum absolute atomic E-state index is 12.7. The van der Waals surface area contributed by atoms with Crippen molar-refractivity contribution in [3.63, 3.8) is 0 Å². The molecule has 0 aromatic rings. The van der Waals surface area contributed by atoms with Crippen LogP contribution < -0.4 is 21.7 Å². The van der Waals surface area contributed by atoms with Gasteiger partial charge in [-0.3, -0.25) is 19.2 Å². The van der Waals surface area contributed by atoms with E-state index in [4.69, 9.17) is 19.9 Å². The van der Waals surface area contributed by atoms with Gasteiger partial charge in [0.2, 0.25) is 23.6 Å². The van der Waals surface area contributed by atoms with Gasteiger partial charge in [-0.05, 0) is 26.7 Å². The maximum atomic E-state index is 12.7. The fourth-order valence-electron chi connectivity index (χ4n) is 3.58. The molecular formula is C23H40N4O11. The molecule has 0 saturated carbocycles. The van der Waals surface area contributed by atoms with Crippen LogP contribution in [0, 0.1) is 0 Å². The van der Waals surface area contributed by atoms with Crippen molar-refractivity contribution in [1.29, 1.82) is 0 Å². The van der Waals surface area contributed by atoms with Crippen molar-refractivity contribution in [3.05, 3.63) is 0 Å². The van der Waals surface area contributed by atoms with E-state index in [0.717, 1.165) is 6.42 Å². The maximum Gasteiger partial charge on any atom is 0.328 e. The van der Waals surface area contributed by atoms with Crippen molar-refractivity contribution < 1.29 is 53.5 Å². The molecule has 0 aromatic heterocycles. The first-order valence-corrected chi connectivity index (χ1v) is 12.4. The molecule has 0 radical (unpaired) electrons. The summed E-state index contributed by atoms with van der Waals surface area (Å²) in [6.45, 7) is 5.21. The van der Waals surface area contributed by atoms with Crippen LogP contribution in [-0.4, -0.2) is 107 Å². The van der Waals surface area contributed by atoms with E-state index < -0.39 is 85.0 Å². The lowest BCUT2D eigenvalue weighted by Crippen LogP contribution is -2.65. The molecule has 0 unspecified atom stereocenters. The predicted octanol–water partition coefficient (Wildman–Crippen LogP) is -3.07. The van der Waals surface area contributed by atoms with E-state index in [0.29, 0.717) is 6.42 Å². The molecule has 0 aliphatic carbocycles. The number of unbranched alkanes of at least 4 members (excludes halogenated alkanes) is 1. The number of nitrogens with one attached hydrogen (secondary N) is 3. The van der Waals surface area contributed by atoms with Gasteiger partial charge in [0.05, 0.1) is 13.2 Å². The minimum absolute atomic E-state index is 0.0905. The quantitative estimate of drug-likeness (QED) is 0.0801. The molecule has 0 bridgehead atoms. The fourth-order valence-corrected chi connectivity index (χ4v) is 3.58. The first-order chi connectivity index (χ1) is 17.8. The molecule has 8 atom stereocenters. The van der Waals surface area contributed by atoms with Crippen LogP contribution in [0.4, 0.5) is 0 Å². The summed E-state index contributed by atoms with van der Waals surface area (Å²) >= 11 is 0. The van der Waals surface area contributed by atoms with E-state index in [1.165, 1.54) is 20.8 Å². The highest BCUT2D eigenvalue weighted by Gasteiger charge is 2.47. The summed E-state index contributed by atoms with van der Waals surface area (Å²) < 4.78 is 15.8. The molecule has 1 aliphatic rings. The standard InChI is InChI=1S/C23H40N4O11/c1-5-6-9-36-22(34)14(7-8-16(24)30)27-20(32)11(2)25-21(33)12(3)37-19-17(26-13(4)29)23(35)38-15(10-28)18(19)31/h11-12,14-15,17-19,23,28,31,35H,5-10H2,1-4H3,(H2,24,30)(H,25,33)(H,26,29)(H,27,32)/t11-,12-,14-,15+,17+,18+,19+,23+/m0/s1. The molecule has 0 aromatic carbocycles. The topological polar surface area (TPSA) is 236 Å². The lowest BCUT2D eigenvalue weighted by atomic mass is 9.96. The summed E-state index contributed by atoms with van der Waals surface area (Å²) in [6, 6.07) is -3.58. The van der Waals surface area contributed by atoms with Gasteiger partial charge in [-0.1, -0.05) is 13.3 Å². The van der Waals surface area contributed by atoms with Gasteiger partial charge in [0.1, 0.15) is 42.5 Å². The third kappa shape index (κ3) is 10.5. The second-order valence-corrected chi connectivity index (χ2v) is 9.02. The molecule has 8 N–H and O–H groups in total. The van der Waals surface area contributed by atoms with Gasteiger partial charge in [0.15, 0.2) is 6.29 Å². The molecular weight excluding hydrogens is 508 g/mol. The van der Waals surface area contributed by atoms with E-state index in [1.54, 1.807) is 0 Å². The number of hydrogen-bond donors (Lipinski definition) is 7. The third-order valence-corrected chi connectivity index (χ3v) is 5.75. The summed E-state index contributed by atoms with van der Waals surface area (Å²) in [4.78, 5) is 60.5. The molecule has 1 saturated heterocycles. The van der Waals surface area contributed by atoms with Crippen molar-refractivity contribution in [2.75, 3.05) is 13.2 Å². The van der Waals surface area contributed by atoms with Crippen LogP contribution >= 0.6 is 0 Å². The zero-order valence-electron chi connectivity index (χ0n) is 22.0. The van der Waals surface area contributed by atoms with Crippen molar-refractivity contribution in [2.45, 2.75) is 102 Å². The average molecular weight is 549 g/mol. The molecule has 1 aliphatic heterocycles. The van der Waals surface area contributed by atoms with Crippen LogP contribution in [0.5, 0.6) is 0 Å². The minimum atomic E-state index is -1.64. The summed E-state index contributed by atoms with van der Waals surface area (Å²) in [6.07, 6.45) is -5.90. The predicted molar refractivity (Wildman–Crippen MR) is 130 cm³/mol. The molecule has 1 fully saturated rings. The Morgan fingerprint density at radius 3 is 2.29 bits per heavy atom. The molecule has 1 heterocycles. The van der Waals surface area contributed by atoms with Gasteiger partial charge in [-0.2, -0.15) is 0 Å². The second kappa shape index (κ2) is 16.2. The van der Waals surface area contributed by atoms with Crippen molar-refractivity contribution >= 4 is 29.6 Å². The van der Waals surface area contributed by atoms with Gasteiger partial charge in [0.25, 0.3) is 0 Å². The highest BCUT2D eigenvalue weighted by Crippen LogP contribution is 2.23. The Morgan fingerprint density at radius 2 is 1.74 bits per heavy atom. The van der Waals surface area contributed by atoms with Gasteiger partial charge in [-0.25, -0.2) is 4.79 Å². The Morgan fingerprint density at radius 1 is 1.08 bits per heavy atom. The van der Waals surface area contributed by atoms with E-state index >= 15 is 0 Å². The van der Waals surface area contributed by atoms with E-state index in [1.807, 2.05) is 6.92 Å². The smallest absolute Gasteiger partial charge is 0.328 e. The summed E-state index contributed by atoms with van der Waals surface area (Å²) in [5.41, 5.74) is 5.15. The zero-order valence-corrected chi connectivity index (χ0v) is 22.0. The van der Waals surface area contributed by atoms with Crippen LogP contribution in [-0.2, 0) is 38.2 Å². The number of rotatable bonds is 15. The van der Waals surface area contributed by atoms with Crippen molar-refractivity contribution in [1.82, 2.24) is 16.0 Å². The van der Waals surface area contributed by atoms with Gasteiger partial charge >= 0.3 is 5.97 Å². The van der Waals surface area contributed by atoms with Crippen LogP contribution in [0.3, 0.4) is 0 Å². The molecule has 15 nitrogen and oxygen atoms in total. The number of carbonyl (C=O) groups is 5. The lowest BCUT2D eigenvalue weighted by Gasteiger charge is -2.43. The number of aliphatic hydroxyl groups is 3. The molecule has 15 heteroatoms. The minimum Gasteiger partial charge on any atom is -0.464 e. The number of primary amides is 1. The Labute approximate surface area is 220 Å². The average Bonchev–Trinajstić information content (AvgIpc) is 2.85. The van der Waals surface area contributed by atoms with Crippen LogP contribution in [0.15, 0.2) is 0 Å². The normalized spacial score (nSPS) is 25.4.